The van der Waals surface area contributed by atoms with Crippen LogP contribution >= 0.6 is 23.6 Å². The van der Waals surface area contributed by atoms with Gasteiger partial charge in [-0.25, -0.2) is 0 Å². The Morgan fingerprint density at radius 3 is 2.65 bits per heavy atom. The predicted molar refractivity (Wildman–Crippen MR) is 103 cm³/mol. The topological polar surface area (TPSA) is 24.1 Å². The average Bonchev–Trinajstić information content (AvgIpc) is 3.21. The van der Waals surface area contributed by atoms with Gasteiger partial charge in [-0.05, 0) is 60.5 Å². The fraction of sp³-hybridized carbons (Fsp3) is 0.421. The van der Waals surface area contributed by atoms with Gasteiger partial charge in [0.2, 0.25) is 0 Å². The van der Waals surface area contributed by atoms with Crippen LogP contribution in [0.3, 0.4) is 0 Å². The molecular weight excluding hydrogens is 320 g/mol. The lowest BCUT2D eigenvalue weighted by Gasteiger charge is -2.21. The Bertz CT molecular complexity index is 615. The van der Waals surface area contributed by atoms with Gasteiger partial charge in [0, 0.05) is 10.9 Å². The van der Waals surface area contributed by atoms with E-state index in [1.165, 1.54) is 41.7 Å². The third-order valence-electron chi connectivity index (χ3n) is 4.15. The first kappa shape index (κ1) is 16.5. The molecule has 0 unspecified atom stereocenters. The number of unbranched alkanes of at least 4 members (excludes halogenated alkanes) is 1. The Morgan fingerprint density at radius 1 is 1.26 bits per heavy atom. The minimum Gasteiger partial charge on any atom is -0.360 e. The van der Waals surface area contributed by atoms with Crippen LogP contribution in [0.4, 0.5) is 0 Å². The third kappa shape index (κ3) is 4.79. The van der Waals surface area contributed by atoms with E-state index in [2.05, 4.69) is 59.3 Å². The normalized spacial score (nSPS) is 15.2. The maximum absolute atomic E-state index is 5.49. The summed E-state index contributed by atoms with van der Waals surface area (Å²) in [4.78, 5) is 1.30. The monoisotopic (exact) mass is 344 g/mol. The molecule has 0 amide bonds. The van der Waals surface area contributed by atoms with Crippen molar-refractivity contribution in [2.24, 2.45) is 0 Å². The van der Waals surface area contributed by atoms with Gasteiger partial charge in [-0.2, -0.15) is 0 Å². The van der Waals surface area contributed by atoms with Gasteiger partial charge in [-0.3, -0.25) is 0 Å². The van der Waals surface area contributed by atoms with Gasteiger partial charge in [0.25, 0.3) is 0 Å². The number of rotatable bonds is 7. The second-order valence-electron chi connectivity index (χ2n) is 6.19. The number of nitrogens with one attached hydrogen (secondary N) is 2. The second-order valence-corrected chi connectivity index (χ2v) is 7.57. The number of thiophene rings is 1. The van der Waals surface area contributed by atoms with Crippen LogP contribution in [0.1, 0.15) is 54.7 Å². The largest absolute Gasteiger partial charge is 0.360 e. The van der Waals surface area contributed by atoms with Crippen LogP contribution in [0.2, 0.25) is 0 Å². The van der Waals surface area contributed by atoms with Crippen LogP contribution in [0.15, 0.2) is 41.8 Å². The van der Waals surface area contributed by atoms with Crippen molar-refractivity contribution in [2.75, 3.05) is 0 Å². The molecule has 0 spiro atoms. The van der Waals surface area contributed by atoms with Crippen LogP contribution in [-0.4, -0.2) is 11.2 Å². The van der Waals surface area contributed by atoms with E-state index in [1.807, 2.05) is 0 Å². The third-order valence-corrected chi connectivity index (χ3v) is 5.32. The molecule has 2 N–H and O–H groups in total. The lowest BCUT2D eigenvalue weighted by Crippen LogP contribution is -2.39. The lowest BCUT2D eigenvalue weighted by molar-refractivity contribution is 0.744. The molecule has 1 aliphatic carbocycles. The van der Waals surface area contributed by atoms with Gasteiger partial charge >= 0.3 is 0 Å². The summed E-state index contributed by atoms with van der Waals surface area (Å²) in [5.41, 5.74) is 2.69. The number of hydrogen-bond donors (Lipinski definition) is 2. The van der Waals surface area contributed by atoms with Crippen molar-refractivity contribution in [1.29, 1.82) is 0 Å². The van der Waals surface area contributed by atoms with Crippen LogP contribution < -0.4 is 10.6 Å². The molecule has 23 heavy (non-hydrogen) atoms. The van der Waals surface area contributed by atoms with Crippen molar-refractivity contribution >= 4 is 28.7 Å². The Morgan fingerprint density at radius 2 is 2.04 bits per heavy atom. The molecule has 0 bridgehead atoms. The summed E-state index contributed by atoms with van der Waals surface area (Å²) in [7, 11) is 0. The molecule has 3 rings (SSSR count). The predicted octanol–water partition coefficient (Wildman–Crippen LogP) is 4.81. The van der Waals surface area contributed by atoms with Crippen molar-refractivity contribution in [3.8, 4) is 0 Å². The van der Waals surface area contributed by atoms with E-state index >= 15 is 0 Å². The van der Waals surface area contributed by atoms with Gasteiger partial charge in [0.15, 0.2) is 5.11 Å². The van der Waals surface area contributed by atoms with Gasteiger partial charge in [0.05, 0.1) is 6.04 Å². The highest BCUT2D eigenvalue weighted by Gasteiger charge is 2.23. The lowest BCUT2D eigenvalue weighted by atomic mass is 10.0. The zero-order chi connectivity index (χ0) is 16.1. The zero-order valence-electron chi connectivity index (χ0n) is 13.5. The molecular formula is C19H24N2S2. The Kier molecular flexibility index (Phi) is 5.68. The minimum atomic E-state index is 0.133. The maximum atomic E-state index is 5.49. The summed E-state index contributed by atoms with van der Waals surface area (Å²) in [6.07, 6.45) is 6.12. The summed E-state index contributed by atoms with van der Waals surface area (Å²) >= 11 is 7.26. The van der Waals surface area contributed by atoms with Crippen molar-refractivity contribution in [3.05, 3.63) is 57.8 Å². The molecule has 1 fully saturated rings. The van der Waals surface area contributed by atoms with Crippen molar-refractivity contribution < 1.29 is 0 Å². The van der Waals surface area contributed by atoms with E-state index < -0.39 is 0 Å². The van der Waals surface area contributed by atoms with Crippen LogP contribution in [0.5, 0.6) is 0 Å². The minimum absolute atomic E-state index is 0.133. The first-order chi connectivity index (χ1) is 11.3. The van der Waals surface area contributed by atoms with Gasteiger partial charge in [-0.1, -0.05) is 43.7 Å². The van der Waals surface area contributed by atoms with Gasteiger partial charge in [0.1, 0.15) is 0 Å². The van der Waals surface area contributed by atoms with Crippen molar-refractivity contribution in [2.45, 2.75) is 51.1 Å². The molecule has 1 saturated carbocycles. The Hall–Kier alpha value is -1.39. The van der Waals surface area contributed by atoms with E-state index in [1.54, 1.807) is 11.3 Å². The Labute approximate surface area is 148 Å². The molecule has 1 aliphatic rings. The molecule has 2 nitrogen and oxygen atoms in total. The van der Waals surface area contributed by atoms with Crippen LogP contribution in [0.25, 0.3) is 0 Å². The van der Waals surface area contributed by atoms with Crippen molar-refractivity contribution in [3.63, 3.8) is 0 Å². The fourth-order valence-corrected chi connectivity index (χ4v) is 3.70. The summed E-state index contributed by atoms with van der Waals surface area (Å²) in [6.45, 7) is 2.24. The summed E-state index contributed by atoms with van der Waals surface area (Å²) in [6, 6.07) is 14.0. The number of benzene rings is 1. The number of aryl methyl sites for hydroxylation is 1. The van der Waals surface area contributed by atoms with E-state index in [0.717, 1.165) is 11.5 Å². The van der Waals surface area contributed by atoms with E-state index in [-0.39, 0.29) is 6.04 Å². The molecule has 4 heteroatoms. The molecule has 0 saturated heterocycles. The summed E-state index contributed by atoms with van der Waals surface area (Å²) in [5.74, 6) is 0. The fourth-order valence-electron chi connectivity index (χ4n) is 2.62. The zero-order valence-corrected chi connectivity index (χ0v) is 15.2. The molecule has 0 aliphatic heterocycles. The summed E-state index contributed by atoms with van der Waals surface area (Å²) < 4.78 is 0. The summed E-state index contributed by atoms with van der Waals surface area (Å²) in [5, 5.41) is 9.77. The molecule has 1 heterocycles. The molecule has 1 atom stereocenters. The highest BCUT2D eigenvalue weighted by atomic mass is 32.1. The van der Waals surface area contributed by atoms with E-state index in [9.17, 15) is 0 Å². The average molecular weight is 345 g/mol. The van der Waals surface area contributed by atoms with Gasteiger partial charge in [-0.15, -0.1) is 11.3 Å². The highest BCUT2D eigenvalue weighted by molar-refractivity contribution is 7.80. The molecule has 1 aromatic carbocycles. The quantitative estimate of drug-likeness (QED) is 0.705. The first-order valence-electron chi connectivity index (χ1n) is 8.45. The molecule has 1 aromatic heterocycles. The first-order valence-corrected chi connectivity index (χ1v) is 9.74. The van der Waals surface area contributed by atoms with Crippen molar-refractivity contribution in [1.82, 2.24) is 10.6 Å². The molecule has 2 aromatic rings. The standard InChI is InChI=1S/C19H24N2S2/c1-2-3-5-14-7-9-15(10-8-14)18(17-6-4-13-23-17)21-19(22)20-16-11-12-16/h4,6-10,13,16,18H,2-3,5,11-12H2,1H3,(H2,20,21,22)/t18-/m1/s1. The molecule has 122 valence electrons. The van der Waals surface area contributed by atoms with Crippen LogP contribution in [-0.2, 0) is 6.42 Å². The Balaban J connectivity index is 1.73. The highest BCUT2D eigenvalue weighted by Crippen LogP contribution is 2.27. The molecule has 0 radical (unpaired) electrons. The van der Waals surface area contributed by atoms with E-state index in [4.69, 9.17) is 12.2 Å². The SMILES string of the molecule is CCCCc1ccc([C@@H](NC(=S)NC2CC2)c2cccs2)cc1. The smallest absolute Gasteiger partial charge is 0.167 e. The van der Waals surface area contributed by atoms with Crippen LogP contribution in [0, 0.1) is 0 Å². The van der Waals surface area contributed by atoms with E-state index in [0.29, 0.717) is 6.04 Å². The number of thiocarbonyl (C=S) groups is 1. The maximum Gasteiger partial charge on any atom is 0.167 e. The van der Waals surface area contributed by atoms with Gasteiger partial charge < -0.3 is 10.6 Å². The second kappa shape index (κ2) is 7.93. The number of hydrogen-bond acceptors (Lipinski definition) is 2.